The van der Waals surface area contributed by atoms with Gasteiger partial charge in [-0.25, -0.2) is 9.59 Å². The number of aliphatic hydroxyl groups is 1. The molecule has 4 aromatic carbocycles. The summed E-state index contributed by atoms with van der Waals surface area (Å²) in [5.74, 6) is -3.89. The van der Waals surface area contributed by atoms with E-state index in [1.807, 2.05) is 0 Å². The molecule has 1 saturated heterocycles. The van der Waals surface area contributed by atoms with Gasteiger partial charge in [0, 0.05) is 29.8 Å². The lowest BCUT2D eigenvalue weighted by atomic mass is 9.99. The summed E-state index contributed by atoms with van der Waals surface area (Å²) in [6.07, 6.45) is -3.00. The molecule has 2 heterocycles. The smallest absolute Gasteiger partial charge is 0.331 e. The lowest BCUT2D eigenvalue weighted by Crippen LogP contribution is -2.61. The quantitative estimate of drug-likeness (QED) is 0.0894. The molecule has 0 saturated carbocycles. The van der Waals surface area contributed by atoms with Gasteiger partial charge in [0.05, 0.1) is 6.10 Å². The van der Waals surface area contributed by atoms with Gasteiger partial charge < -0.3 is 54.0 Å². The Morgan fingerprint density at radius 1 is 0.698 bits per heavy atom. The molecule has 0 spiro atoms. The lowest BCUT2D eigenvalue weighted by Gasteiger charge is -2.41. The fourth-order valence-electron chi connectivity index (χ4n) is 5.48. The number of carbonyl (C=O) groups is 2. The summed E-state index contributed by atoms with van der Waals surface area (Å²) >= 11 is 0. The topological polar surface area (TPSA) is 223 Å². The molecular weight excluding hydrogens is 692 g/mol. The normalized spacial score (nSPS) is 20.1. The minimum absolute atomic E-state index is 0.00579. The average Bonchev–Trinajstić information content (AvgIpc) is 3.12. The van der Waals surface area contributed by atoms with Crippen LogP contribution in [0.4, 0.5) is 0 Å². The maximum Gasteiger partial charge on any atom is 0.331 e. The van der Waals surface area contributed by atoms with E-state index in [2.05, 4.69) is 0 Å². The Labute approximate surface area is 300 Å². The number of benzene rings is 4. The number of fused-ring (bicyclic) bond motifs is 1. The van der Waals surface area contributed by atoms with Crippen LogP contribution in [0.15, 0.2) is 106 Å². The molecule has 14 nitrogen and oxygen atoms in total. The van der Waals surface area contributed by atoms with E-state index in [-0.39, 0.29) is 39.5 Å². The molecule has 0 radical (unpaired) electrons. The maximum absolute atomic E-state index is 14.0. The predicted octanol–water partition coefficient (Wildman–Crippen LogP) is 4.72. The molecule has 6 rings (SSSR count). The molecule has 0 bridgehead atoms. The summed E-state index contributed by atoms with van der Waals surface area (Å²) in [6, 6.07) is 19.2. The van der Waals surface area contributed by atoms with Crippen LogP contribution in [0.1, 0.15) is 18.1 Å². The van der Waals surface area contributed by atoms with E-state index in [4.69, 9.17) is 23.4 Å². The molecule has 5 aromatic rings. The van der Waals surface area contributed by atoms with Gasteiger partial charge in [-0.3, -0.25) is 4.79 Å². The number of phenolic OH excluding ortho intramolecular Hbond substituents is 5. The van der Waals surface area contributed by atoms with Crippen LogP contribution in [0.2, 0.25) is 0 Å². The fraction of sp³-hybridized carbons (Fsp3) is 0.154. The van der Waals surface area contributed by atoms with Crippen molar-refractivity contribution in [3.63, 3.8) is 0 Å². The summed E-state index contributed by atoms with van der Waals surface area (Å²) < 4.78 is 29.3. The summed E-state index contributed by atoms with van der Waals surface area (Å²) in [7, 11) is 0. The van der Waals surface area contributed by atoms with Crippen LogP contribution in [-0.4, -0.2) is 73.3 Å². The van der Waals surface area contributed by atoms with Crippen molar-refractivity contribution in [2.45, 2.75) is 37.6 Å². The van der Waals surface area contributed by atoms with E-state index >= 15 is 0 Å². The Kier molecular flexibility index (Phi) is 10.4. The van der Waals surface area contributed by atoms with E-state index in [0.29, 0.717) is 11.1 Å². The van der Waals surface area contributed by atoms with Gasteiger partial charge in [-0.2, -0.15) is 0 Å². The van der Waals surface area contributed by atoms with Crippen LogP contribution in [0, 0.1) is 0 Å². The van der Waals surface area contributed by atoms with Crippen molar-refractivity contribution in [1.29, 1.82) is 0 Å². The first-order valence-electron chi connectivity index (χ1n) is 16.0. The average molecular weight is 725 g/mol. The zero-order valence-electron chi connectivity index (χ0n) is 27.7. The van der Waals surface area contributed by atoms with Crippen molar-refractivity contribution in [3.8, 4) is 45.8 Å². The molecule has 1 aliphatic heterocycles. The molecule has 1 aromatic heterocycles. The molecule has 14 heteroatoms. The molecule has 0 unspecified atom stereocenters. The Balaban J connectivity index is 1.40. The Morgan fingerprint density at radius 2 is 1.21 bits per heavy atom. The number of phenols is 5. The maximum atomic E-state index is 14.0. The zero-order chi connectivity index (χ0) is 37.8. The van der Waals surface area contributed by atoms with Gasteiger partial charge in [0.1, 0.15) is 45.8 Å². The summed E-state index contributed by atoms with van der Waals surface area (Å²) in [4.78, 5) is 40.4. The third-order valence-corrected chi connectivity index (χ3v) is 8.15. The van der Waals surface area contributed by atoms with Crippen LogP contribution in [0.5, 0.6) is 34.5 Å². The van der Waals surface area contributed by atoms with Crippen LogP contribution < -0.4 is 10.2 Å². The van der Waals surface area contributed by atoms with E-state index in [9.17, 15) is 45.0 Å². The first-order chi connectivity index (χ1) is 25.4. The van der Waals surface area contributed by atoms with Crippen LogP contribution in [0.25, 0.3) is 34.4 Å². The Bertz CT molecular complexity index is 2240. The summed E-state index contributed by atoms with van der Waals surface area (Å²) in [6.45, 7) is 1.43. The number of aromatic hydroxyl groups is 5. The van der Waals surface area contributed by atoms with Crippen molar-refractivity contribution in [3.05, 3.63) is 118 Å². The lowest BCUT2D eigenvalue weighted by molar-refractivity contribution is -0.276. The Morgan fingerprint density at radius 3 is 1.75 bits per heavy atom. The monoisotopic (exact) mass is 724 g/mol. The second-order valence-corrected chi connectivity index (χ2v) is 11.9. The molecule has 53 heavy (non-hydrogen) atoms. The minimum Gasteiger partial charge on any atom is -0.508 e. The van der Waals surface area contributed by atoms with E-state index in [0.717, 1.165) is 24.3 Å². The third kappa shape index (κ3) is 8.25. The number of hydrogen-bond donors (Lipinski definition) is 6. The zero-order valence-corrected chi connectivity index (χ0v) is 27.7. The molecular formula is C39H32O14. The van der Waals surface area contributed by atoms with Gasteiger partial charge >= 0.3 is 11.9 Å². The third-order valence-electron chi connectivity index (χ3n) is 8.15. The van der Waals surface area contributed by atoms with Crippen molar-refractivity contribution in [2.24, 2.45) is 0 Å². The fourth-order valence-corrected chi connectivity index (χ4v) is 5.48. The van der Waals surface area contributed by atoms with Gasteiger partial charge in [-0.15, -0.1) is 0 Å². The van der Waals surface area contributed by atoms with Crippen molar-refractivity contribution in [2.75, 3.05) is 0 Å². The summed E-state index contributed by atoms with van der Waals surface area (Å²) in [5, 5.41) is 60.6. The highest BCUT2D eigenvalue weighted by atomic mass is 16.7. The summed E-state index contributed by atoms with van der Waals surface area (Å²) in [5.41, 5.74) is 0.103. The van der Waals surface area contributed by atoms with Gasteiger partial charge in [0.25, 0.3) is 0 Å². The molecule has 0 amide bonds. The number of rotatable bonds is 9. The predicted molar refractivity (Wildman–Crippen MR) is 188 cm³/mol. The number of esters is 2. The van der Waals surface area contributed by atoms with Gasteiger partial charge in [0.2, 0.25) is 23.6 Å². The van der Waals surface area contributed by atoms with Gasteiger partial charge in [-0.1, -0.05) is 24.3 Å². The molecule has 0 aliphatic carbocycles. The molecule has 5 atom stereocenters. The van der Waals surface area contributed by atoms with Crippen molar-refractivity contribution < 1.29 is 63.6 Å². The van der Waals surface area contributed by atoms with E-state index < -0.39 is 65.3 Å². The van der Waals surface area contributed by atoms with E-state index in [1.54, 1.807) is 12.1 Å². The SMILES string of the molecule is C[C@H]1O[C@@H](Oc2c(-c3ccc(O)cc3)oc3cc(O)cc(O)c3c2=O)[C@@H](OC(=O)/C=C/c2ccc(O)cc2)[C@@H](OC(=O)/C=C/c2ccc(O)cc2)[C@@H]1O. The first-order valence-corrected chi connectivity index (χ1v) is 16.0. The van der Waals surface area contributed by atoms with Crippen LogP contribution >= 0.6 is 0 Å². The van der Waals surface area contributed by atoms with Crippen molar-refractivity contribution in [1.82, 2.24) is 0 Å². The van der Waals surface area contributed by atoms with E-state index in [1.165, 1.54) is 79.7 Å². The second kappa shape index (κ2) is 15.2. The van der Waals surface area contributed by atoms with Crippen molar-refractivity contribution >= 4 is 35.1 Å². The minimum atomic E-state index is -1.76. The van der Waals surface area contributed by atoms with Gasteiger partial charge in [0.15, 0.2) is 11.9 Å². The molecule has 1 aliphatic rings. The largest absolute Gasteiger partial charge is 0.508 e. The number of ether oxygens (including phenoxy) is 4. The number of carbonyl (C=O) groups excluding carboxylic acids is 2. The van der Waals surface area contributed by atoms with Crippen LogP contribution in [-0.2, 0) is 23.8 Å². The number of aliphatic hydroxyl groups excluding tert-OH is 1. The number of hydrogen-bond acceptors (Lipinski definition) is 14. The highest BCUT2D eigenvalue weighted by Crippen LogP contribution is 2.38. The molecule has 6 N–H and O–H groups in total. The van der Waals surface area contributed by atoms with Crippen LogP contribution in [0.3, 0.4) is 0 Å². The highest BCUT2D eigenvalue weighted by molar-refractivity contribution is 5.89. The standard InChI is InChI=1S/C39H32O14/c1-20-33(47)36(51-30(45)16-6-21-2-10-24(40)11-3-21)38(52-31(46)17-7-22-4-12-25(41)13-5-22)39(49-20)53-37-34(48)32-28(44)18-27(43)19-29(32)50-35(37)23-8-14-26(42)15-9-23/h2-20,33,36,38-44,47H,1H3/b16-6+,17-7+/t20-,33-,36+,38+,39+/m1/s1. The highest BCUT2D eigenvalue weighted by Gasteiger charge is 2.50. The van der Waals surface area contributed by atoms with Gasteiger partial charge in [-0.05, 0) is 78.7 Å². The Hall–Kier alpha value is -6.77. The second-order valence-electron chi connectivity index (χ2n) is 11.9. The first kappa shape index (κ1) is 36.0. The molecule has 272 valence electrons. The molecule has 1 fully saturated rings.